The van der Waals surface area contributed by atoms with Crippen LogP contribution in [0.15, 0.2) is 23.0 Å². The SMILES string of the molecule is O=C(NCC1CCCCC1CO)c1cccc(=O)[nH]1. The van der Waals surface area contributed by atoms with Gasteiger partial charge in [0.1, 0.15) is 5.69 Å². The number of H-pyrrole nitrogens is 1. The summed E-state index contributed by atoms with van der Waals surface area (Å²) in [6.07, 6.45) is 4.37. The van der Waals surface area contributed by atoms with Gasteiger partial charge >= 0.3 is 0 Å². The van der Waals surface area contributed by atoms with Crippen LogP contribution in [0.5, 0.6) is 0 Å². The Hall–Kier alpha value is -1.62. The summed E-state index contributed by atoms with van der Waals surface area (Å²) in [6.45, 7) is 0.740. The van der Waals surface area contributed by atoms with E-state index < -0.39 is 0 Å². The average Bonchev–Trinajstić information content (AvgIpc) is 2.45. The molecule has 0 radical (unpaired) electrons. The number of aromatic amines is 1. The summed E-state index contributed by atoms with van der Waals surface area (Å²) in [5, 5.41) is 12.2. The minimum atomic E-state index is -0.279. The highest BCUT2D eigenvalue weighted by Crippen LogP contribution is 2.29. The zero-order valence-electron chi connectivity index (χ0n) is 10.9. The van der Waals surface area contributed by atoms with Gasteiger partial charge in [-0.3, -0.25) is 9.59 Å². The fourth-order valence-electron chi connectivity index (χ4n) is 2.69. The smallest absolute Gasteiger partial charge is 0.267 e. The number of hydrogen-bond donors (Lipinski definition) is 3. The molecule has 19 heavy (non-hydrogen) atoms. The van der Waals surface area contributed by atoms with Gasteiger partial charge in [0.2, 0.25) is 5.56 Å². The fourth-order valence-corrected chi connectivity index (χ4v) is 2.69. The van der Waals surface area contributed by atoms with Crippen LogP contribution in [0.2, 0.25) is 0 Å². The molecule has 2 unspecified atom stereocenters. The molecule has 1 aliphatic carbocycles. The van der Waals surface area contributed by atoms with Gasteiger partial charge in [-0.1, -0.05) is 18.9 Å². The van der Waals surface area contributed by atoms with E-state index in [0.717, 1.165) is 25.7 Å². The maximum absolute atomic E-state index is 11.9. The molecule has 0 aliphatic heterocycles. The van der Waals surface area contributed by atoms with Crippen LogP contribution in [0.1, 0.15) is 36.2 Å². The van der Waals surface area contributed by atoms with Gasteiger partial charge in [-0.2, -0.15) is 0 Å². The Bertz CT molecular complexity index is 484. The Morgan fingerprint density at radius 1 is 1.32 bits per heavy atom. The first-order chi connectivity index (χ1) is 9.20. The Labute approximate surface area is 112 Å². The minimum absolute atomic E-state index is 0.183. The van der Waals surface area contributed by atoms with E-state index in [-0.39, 0.29) is 29.7 Å². The van der Waals surface area contributed by atoms with Crippen molar-refractivity contribution in [3.8, 4) is 0 Å². The lowest BCUT2D eigenvalue weighted by Gasteiger charge is -2.30. The highest BCUT2D eigenvalue weighted by atomic mass is 16.3. The van der Waals surface area contributed by atoms with Gasteiger partial charge in [0.25, 0.3) is 5.91 Å². The van der Waals surface area contributed by atoms with E-state index in [2.05, 4.69) is 10.3 Å². The van der Waals surface area contributed by atoms with Gasteiger partial charge in [0, 0.05) is 19.2 Å². The normalized spacial score (nSPS) is 23.0. The topological polar surface area (TPSA) is 82.2 Å². The van der Waals surface area contributed by atoms with Crippen LogP contribution in [0.25, 0.3) is 0 Å². The molecule has 0 spiro atoms. The number of aliphatic hydroxyl groups excluding tert-OH is 1. The molecule has 1 amide bonds. The van der Waals surface area contributed by atoms with Crippen molar-refractivity contribution in [3.63, 3.8) is 0 Å². The zero-order valence-corrected chi connectivity index (χ0v) is 10.9. The number of pyridine rings is 1. The van der Waals surface area contributed by atoms with E-state index in [9.17, 15) is 14.7 Å². The summed E-state index contributed by atoms with van der Waals surface area (Å²) in [5.74, 6) is 0.349. The molecule has 1 aromatic heterocycles. The van der Waals surface area contributed by atoms with Crippen LogP contribution in [0.4, 0.5) is 0 Å². The average molecular weight is 264 g/mol. The second kappa shape index (κ2) is 6.52. The predicted molar refractivity (Wildman–Crippen MR) is 71.9 cm³/mol. The molecular weight excluding hydrogens is 244 g/mol. The first kappa shape index (κ1) is 13.8. The number of aliphatic hydroxyl groups is 1. The predicted octanol–water partition coefficient (Wildman–Crippen LogP) is 0.903. The van der Waals surface area contributed by atoms with Crippen molar-refractivity contribution in [2.75, 3.05) is 13.2 Å². The standard InChI is InChI=1S/C14H20N2O3/c17-9-11-5-2-1-4-10(11)8-15-14(19)12-6-3-7-13(18)16-12/h3,6-7,10-11,17H,1-2,4-5,8-9H2,(H,15,19)(H,16,18). The molecule has 1 aliphatic rings. The first-order valence-corrected chi connectivity index (χ1v) is 6.79. The van der Waals surface area contributed by atoms with Crippen molar-refractivity contribution in [2.45, 2.75) is 25.7 Å². The molecular formula is C14H20N2O3. The molecule has 5 heteroatoms. The minimum Gasteiger partial charge on any atom is -0.396 e. The van der Waals surface area contributed by atoms with Crippen LogP contribution in [0, 0.1) is 11.8 Å². The Balaban J connectivity index is 1.91. The molecule has 1 saturated carbocycles. The zero-order chi connectivity index (χ0) is 13.7. The molecule has 1 fully saturated rings. The number of hydrogen-bond acceptors (Lipinski definition) is 3. The lowest BCUT2D eigenvalue weighted by molar-refractivity contribution is 0.0904. The van der Waals surface area contributed by atoms with Crippen molar-refractivity contribution in [2.24, 2.45) is 11.8 Å². The highest BCUT2D eigenvalue weighted by Gasteiger charge is 2.24. The van der Waals surface area contributed by atoms with E-state index >= 15 is 0 Å². The Morgan fingerprint density at radius 2 is 2.05 bits per heavy atom. The van der Waals surface area contributed by atoms with Crippen molar-refractivity contribution in [1.82, 2.24) is 10.3 Å². The van der Waals surface area contributed by atoms with E-state index in [1.165, 1.54) is 6.07 Å². The van der Waals surface area contributed by atoms with Gasteiger partial charge in [0.15, 0.2) is 0 Å². The number of rotatable bonds is 4. The molecule has 0 aromatic carbocycles. The van der Waals surface area contributed by atoms with Crippen molar-refractivity contribution in [1.29, 1.82) is 0 Å². The third kappa shape index (κ3) is 3.67. The van der Waals surface area contributed by atoms with Crippen LogP contribution < -0.4 is 10.9 Å². The van der Waals surface area contributed by atoms with Gasteiger partial charge in [-0.15, -0.1) is 0 Å². The van der Waals surface area contributed by atoms with Crippen LogP contribution in [-0.2, 0) is 0 Å². The Morgan fingerprint density at radius 3 is 2.74 bits per heavy atom. The van der Waals surface area contributed by atoms with Crippen molar-refractivity contribution < 1.29 is 9.90 Å². The monoisotopic (exact) mass is 264 g/mol. The molecule has 5 nitrogen and oxygen atoms in total. The van der Waals surface area contributed by atoms with Crippen LogP contribution >= 0.6 is 0 Å². The molecule has 2 rings (SSSR count). The number of nitrogens with one attached hydrogen (secondary N) is 2. The lowest BCUT2D eigenvalue weighted by Crippen LogP contribution is -2.36. The molecule has 104 valence electrons. The first-order valence-electron chi connectivity index (χ1n) is 6.79. The molecule has 3 N–H and O–H groups in total. The Kier molecular flexibility index (Phi) is 4.74. The summed E-state index contributed by atoms with van der Waals surface area (Å²) in [6, 6.07) is 4.52. The van der Waals surface area contributed by atoms with Crippen LogP contribution in [0.3, 0.4) is 0 Å². The lowest BCUT2D eigenvalue weighted by atomic mass is 9.79. The molecule has 0 bridgehead atoms. The molecule has 1 heterocycles. The molecule has 1 aromatic rings. The van der Waals surface area contributed by atoms with Gasteiger partial charge in [-0.05, 0) is 30.7 Å². The van der Waals surface area contributed by atoms with Crippen molar-refractivity contribution in [3.05, 3.63) is 34.2 Å². The number of aromatic nitrogens is 1. The fraction of sp³-hybridized carbons (Fsp3) is 0.571. The van der Waals surface area contributed by atoms with Gasteiger partial charge in [-0.25, -0.2) is 0 Å². The van der Waals surface area contributed by atoms with E-state index in [4.69, 9.17) is 0 Å². The second-order valence-corrected chi connectivity index (χ2v) is 5.13. The van der Waals surface area contributed by atoms with Crippen molar-refractivity contribution >= 4 is 5.91 Å². The van der Waals surface area contributed by atoms with Crippen LogP contribution in [-0.4, -0.2) is 29.1 Å². The highest BCUT2D eigenvalue weighted by molar-refractivity contribution is 5.92. The third-order valence-electron chi connectivity index (χ3n) is 3.84. The second-order valence-electron chi connectivity index (χ2n) is 5.13. The van der Waals surface area contributed by atoms with Gasteiger partial charge in [0.05, 0.1) is 0 Å². The van der Waals surface area contributed by atoms with E-state index in [1.54, 1.807) is 12.1 Å². The number of carbonyl (C=O) groups is 1. The summed E-state index contributed by atoms with van der Waals surface area (Å²) in [5.41, 5.74) is 0.00223. The molecule has 0 saturated heterocycles. The maximum atomic E-state index is 11.9. The summed E-state index contributed by atoms with van der Waals surface area (Å²) in [4.78, 5) is 25.5. The number of amides is 1. The van der Waals surface area contributed by atoms with Gasteiger partial charge < -0.3 is 15.4 Å². The summed E-state index contributed by atoms with van der Waals surface area (Å²) < 4.78 is 0. The van der Waals surface area contributed by atoms with E-state index in [0.29, 0.717) is 12.5 Å². The molecule has 2 atom stereocenters. The summed E-state index contributed by atoms with van der Waals surface area (Å²) >= 11 is 0. The quantitative estimate of drug-likeness (QED) is 0.755. The maximum Gasteiger partial charge on any atom is 0.267 e. The summed E-state index contributed by atoms with van der Waals surface area (Å²) in [7, 11) is 0. The van der Waals surface area contributed by atoms with E-state index in [1.807, 2.05) is 0 Å². The largest absolute Gasteiger partial charge is 0.396 e. The number of carbonyl (C=O) groups excluding carboxylic acids is 1. The third-order valence-corrected chi connectivity index (χ3v) is 3.84.